The SMILES string of the molecule is Cc1ccc(S(=O)(=O)N2CCCCCCCCCN(S(=O)(=O)c3ccc(C)cc3)CCCCCCCCCN(S(=O)(=O)c3ccc(C)cc3)CCCCCCCCCN(S(=O)(=O)c3ccc(C)cc3)CCCCCCCCC2)cc1. The summed E-state index contributed by atoms with van der Waals surface area (Å²) < 4.78 is 118. The van der Waals surface area contributed by atoms with Gasteiger partial charge in [0.15, 0.2) is 0 Å². The molecule has 1 aliphatic heterocycles. The molecule has 0 aromatic heterocycles. The molecule has 1 fully saturated rings. The Bertz CT molecular complexity index is 2380. The van der Waals surface area contributed by atoms with Crippen molar-refractivity contribution < 1.29 is 33.7 Å². The van der Waals surface area contributed by atoms with Gasteiger partial charge in [-0.3, -0.25) is 0 Å². The first-order chi connectivity index (χ1) is 38.4. The fraction of sp³-hybridized carbons (Fsp3) is 0.625. The maximum atomic E-state index is 14.0. The molecule has 80 heavy (non-hydrogen) atoms. The van der Waals surface area contributed by atoms with Gasteiger partial charge in [0.05, 0.1) is 19.6 Å². The number of hydrogen-bond donors (Lipinski definition) is 0. The Kier molecular flexibility index (Phi) is 30.0. The molecule has 448 valence electrons. The van der Waals surface area contributed by atoms with Crippen molar-refractivity contribution >= 4 is 40.1 Å². The molecule has 0 spiro atoms. The van der Waals surface area contributed by atoms with Crippen LogP contribution in [0.4, 0.5) is 0 Å². The van der Waals surface area contributed by atoms with E-state index in [1.165, 1.54) is 0 Å². The summed E-state index contributed by atoms with van der Waals surface area (Å²) in [7, 11) is -14.6. The lowest BCUT2D eigenvalue weighted by molar-refractivity contribution is 0.374. The van der Waals surface area contributed by atoms with Crippen LogP contribution in [0, 0.1) is 27.7 Å². The molecule has 4 aromatic rings. The maximum Gasteiger partial charge on any atom is 0.243 e. The fourth-order valence-corrected chi connectivity index (χ4v) is 16.8. The molecule has 0 bridgehead atoms. The predicted octanol–water partition coefficient (Wildman–Crippen LogP) is 14.9. The van der Waals surface area contributed by atoms with Crippen LogP contribution >= 0.6 is 0 Å². The molecule has 5 rings (SSSR count). The highest BCUT2D eigenvalue weighted by atomic mass is 32.2. The van der Waals surface area contributed by atoms with Gasteiger partial charge in [0, 0.05) is 52.4 Å². The minimum absolute atomic E-state index is 0.334. The molecule has 16 heteroatoms. The molecular formula is C64H100N4O8S4. The third-order valence-electron chi connectivity index (χ3n) is 15.9. The van der Waals surface area contributed by atoms with Crippen LogP contribution in [0.5, 0.6) is 0 Å². The van der Waals surface area contributed by atoms with E-state index in [4.69, 9.17) is 0 Å². The number of benzene rings is 4. The Hall–Kier alpha value is -3.48. The Balaban J connectivity index is 1.20. The second kappa shape index (κ2) is 35.6. The zero-order valence-electron chi connectivity index (χ0n) is 49.4. The van der Waals surface area contributed by atoms with Crippen LogP contribution in [0.15, 0.2) is 117 Å². The minimum atomic E-state index is -3.65. The molecule has 0 amide bonds. The van der Waals surface area contributed by atoms with E-state index in [2.05, 4.69) is 0 Å². The van der Waals surface area contributed by atoms with Crippen LogP contribution in [0.25, 0.3) is 0 Å². The summed E-state index contributed by atoms with van der Waals surface area (Å²) in [6.45, 7) is 11.6. The molecule has 0 atom stereocenters. The van der Waals surface area contributed by atoms with E-state index in [0.717, 1.165) is 202 Å². The first kappa shape index (κ1) is 67.3. The van der Waals surface area contributed by atoms with Crippen molar-refractivity contribution in [3.63, 3.8) is 0 Å². The van der Waals surface area contributed by atoms with Gasteiger partial charge in [-0.05, 0) is 128 Å². The summed E-state index contributed by atoms with van der Waals surface area (Å²) in [6.07, 6.45) is 25.6. The molecule has 12 nitrogen and oxygen atoms in total. The Morgan fingerprint density at radius 1 is 0.200 bits per heavy atom. The van der Waals surface area contributed by atoms with Crippen molar-refractivity contribution in [2.45, 2.75) is 227 Å². The van der Waals surface area contributed by atoms with Crippen LogP contribution in [-0.2, 0) is 40.1 Å². The molecular weight excluding hydrogens is 1080 g/mol. The number of sulfonamides is 4. The third kappa shape index (κ3) is 22.9. The summed E-state index contributed by atoms with van der Waals surface area (Å²) >= 11 is 0. The van der Waals surface area contributed by atoms with Gasteiger partial charge in [0.2, 0.25) is 40.1 Å². The lowest BCUT2D eigenvalue weighted by Crippen LogP contribution is -2.33. The van der Waals surface area contributed by atoms with Gasteiger partial charge < -0.3 is 0 Å². The normalized spacial score (nSPS) is 19.6. The minimum Gasteiger partial charge on any atom is -0.207 e. The van der Waals surface area contributed by atoms with E-state index in [-0.39, 0.29) is 0 Å². The lowest BCUT2D eigenvalue weighted by atomic mass is 10.1. The second-order valence-electron chi connectivity index (χ2n) is 22.8. The van der Waals surface area contributed by atoms with Gasteiger partial charge in [-0.2, -0.15) is 17.2 Å². The second-order valence-corrected chi connectivity index (χ2v) is 30.5. The van der Waals surface area contributed by atoms with Crippen molar-refractivity contribution in [3.05, 3.63) is 119 Å². The van der Waals surface area contributed by atoms with Crippen LogP contribution in [0.3, 0.4) is 0 Å². The summed E-state index contributed by atoms with van der Waals surface area (Å²) in [5, 5.41) is 0. The average Bonchev–Trinajstić information content (AvgIpc) is 3.42. The van der Waals surface area contributed by atoms with Gasteiger partial charge in [-0.25, -0.2) is 33.7 Å². The summed E-state index contributed by atoms with van der Waals surface area (Å²) in [5.74, 6) is 0. The number of nitrogens with zero attached hydrogens (tertiary/aromatic N) is 4. The molecule has 0 N–H and O–H groups in total. The van der Waals surface area contributed by atoms with Gasteiger partial charge in [0.25, 0.3) is 0 Å². The Morgan fingerprint density at radius 3 is 0.438 bits per heavy atom. The smallest absolute Gasteiger partial charge is 0.207 e. The van der Waals surface area contributed by atoms with Crippen molar-refractivity contribution in [1.29, 1.82) is 0 Å². The van der Waals surface area contributed by atoms with E-state index in [1.807, 2.05) is 76.2 Å². The average molecular weight is 1180 g/mol. The Morgan fingerprint density at radius 2 is 0.312 bits per heavy atom. The van der Waals surface area contributed by atoms with E-state index in [9.17, 15) is 33.7 Å². The largest absolute Gasteiger partial charge is 0.243 e. The van der Waals surface area contributed by atoms with Crippen molar-refractivity contribution in [2.24, 2.45) is 0 Å². The van der Waals surface area contributed by atoms with E-state index >= 15 is 0 Å². The highest BCUT2D eigenvalue weighted by Gasteiger charge is 2.27. The highest BCUT2D eigenvalue weighted by Crippen LogP contribution is 2.25. The molecule has 0 aliphatic carbocycles. The van der Waals surface area contributed by atoms with E-state index < -0.39 is 40.1 Å². The first-order valence-electron chi connectivity index (χ1n) is 30.7. The topological polar surface area (TPSA) is 150 Å². The van der Waals surface area contributed by atoms with Crippen molar-refractivity contribution in [2.75, 3.05) is 52.4 Å². The standard InChI is InChI=1S/C64H100N4O8S4/c1-57-33-41-61(42-34-57)77(69,70)65-49-25-17-9-5-11-19-27-51-66(78(71,72)62-43-35-58(2)36-44-62)53-29-21-13-7-15-23-31-55-68(80(75,76)64-47-39-60(4)40-48-64)56-32-24-16-8-14-22-30-54-67(52-28-20-12-6-10-18-26-50-65)79(73,74)63-45-37-59(3)38-46-63/h33-48H,5-32,49-56H2,1-4H3. The molecule has 1 saturated heterocycles. The van der Waals surface area contributed by atoms with Gasteiger partial charge >= 0.3 is 0 Å². The van der Waals surface area contributed by atoms with Gasteiger partial charge in [-0.1, -0.05) is 199 Å². The highest BCUT2D eigenvalue weighted by molar-refractivity contribution is 7.90. The van der Waals surface area contributed by atoms with Crippen LogP contribution in [-0.4, -0.2) is 103 Å². The monoisotopic (exact) mass is 1180 g/mol. The molecule has 0 unspecified atom stereocenters. The molecule has 1 heterocycles. The van der Waals surface area contributed by atoms with E-state index in [0.29, 0.717) is 71.9 Å². The number of aryl methyl sites for hydroxylation is 4. The van der Waals surface area contributed by atoms with Gasteiger partial charge in [0.1, 0.15) is 0 Å². The molecule has 0 radical (unpaired) electrons. The number of rotatable bonds is 8. The molecule has 1 aliphatic rings. The Labute approximate surface area is 486 Å². The van der Waals surface area contributed by atoms with Crippen LogP contribution < -0.4 is 0 Å². The van der Waals surface area contributed by atoms with Gasteiger partial charge in [-0.15, -0.1) is 0 Å². The quantitative estimate of drug-likeness (QED) is 0.169. The zero-order chi connectivity index (χ0) is 57.7. The molecule has 0 saturated carbocycles. The van der Waals surface area contributed by atoms with Crippen molar-refractivity contribution in [1.82, 2.24) is 17.2 Å². The molecule has 4 aromatic carbocycles. The lowest BCUT2D eigenvalue weighted by Gasteiger charge is -2.23. The number of hydrogen-bond acceptors (Lipinski definition) is 8. The predicted molar refractivity (Wildman–Crippen MR) is 329 cm³/mol. The van der Waals surface area contributed by atoms with Crippen LogP contribution in [0.1, 0.15) is 202 Å². The summed E-state index contributed by atoms with van der Waals surface area (Å²) in [4.78, 5) is 1.34. The van der Waals surface area contributed by atoms with Crippen molar-refractivity contribution in [3.8, 4) is 0 Å². The van der Waals surface area contributed by atoms with Crippen LogP contribution in [0.2, 0.25) is 0 Å². The summed E-state index contributed by atoms with van der Waals surface area (Å²) in [5.41, 5.74) is 4.07. The summed E-state index contributed by atoms with van der Waals surface area (Å²) in [6, 6.07) is 28.6. The maximum absolute atomic E-state index is 14.0. The fourth-order valence-electron chi connectivity index (χ4n) is 10.7. The first-order valence-corrected chi connectivity index (χ1v) is 36.5. The zero-order valence-corrected chi connectivity index (χ0v) is 52.6. The third-order valence-corrected chi connectivity index (χ3v) is 23.5. The van der Waals surface area contributed by atoms with E-state index in [1.54, 1.807) is 65.8 Å².